The Morgan fingerprint density at radius 1 is 1.38 bits per heavy atom. The number of benzene rings is 1. The Kier molecular flexibility index (Phi) is 5.57. The predicted molar refractivity (Wildman–Crippen MR) is 96.2 cm³/mol. The molecule has 1 N–H and O–H groups in total. The van der Waals surface area contributed by atoms with E-state index >= 15 is 0 Å². The molecule has 26 heavy (non-hydrogen) atoms. The third-order valence-electron chi connectivity index (χ3n) is 4.56. The van der Waals surface area contributed by atoms with Crippen molar-refractivity contribution >= 4 is 17.7 Å². The summed E-state index contributed by atoms with van der Waals surface area (Å²) in [6, 6.07) is 8.60. The molecule has 3 rings (SSSR count). The van der Waals surface area contributed by atoms with Gasteiger partial charge in [0.25, 0.3) is 0 Å². The number of aromatic nitrogens is 3. The highest BCUT2D eigenvalue weighted by Gasteiger charge is 2.35. The monoisotopic (exact) mass is 373 g/mol. The van der Waals surface area contributed by atoms with Crippen LogP contribution in [0.25, 0.3) is 5.69 Å². The minimum atomic E-state index is -0.774. The number of amides is 1. The number of para-hydroxylation sites is 1. The maximum Gasteiger partial charge on any atom is 0.234 e. The molecule has 8 heteroatoms. The summed E-state index contributed by atoms with van der Waals surface area (Å²) >= 11 is 1.19. The van der Waals surface area contributed by atoms with Crippen molar-refractivity contribution in [1.82, 2.24) is 20.1 Å². The van der Waals surface area contributed by atoms with Gasteiger partial charge in [-0.15, -0.1) is 10.2 Å². The van der Waals surface area contributed by atoms with Crippen LogP contribution < -0.4 is 5.32 Å². The van der Waals surface area contributed by atoms with Crippen molar-refractivity contribution in [3.8, 4) is 11.8 Å². The van der Waals surface area contributed by atoms with Crippen LogP contribution in [0.3, 0.4) is 0 Å². The first-order valence-corrected chi connectivity index (χ1v) is 9.47. The molecule has 0 aliphatic heterocycles. The Bertz CT molecular complexity index is 825. The predicted octanol–water partition coefficient (Wildman–Crippen LogP) is 3.23. The van der Waals surface area contributed by atoms with E-state index in [1.165, 1.54) is 28.7 Å². The maximum absolute atomic E-state index is 14.0. The van der Waals surface area contributed by atoms with Crippen LogP contribution in [0.5, 0.6) is 0 Å². The highest BCUT2D eigenvalue weighted by Crippen LogP contribution is 2.29. The Morgan fingerprint density at radius 3 is 2.81 bits per heavy atom. The molecule has 1 aromatic carbocycles. The van der Waals surface area contributed by atoms with Crippen molar-refractivity contribution in [3.63, 3.8) is 0 Å². The molecule has 1 fully saturated rings. The fourth-order valence-electron chi connectivity index (χ4n) is 3.09. The van der Waals surface area contributed by atoms with Crippen LogP contribution in [0.1, 0.15) is 39.0 Å². The third kappa shape index (κ3) is 3.88. The molecule has 1 aliphatic carbocycles. The highest BCUT2D eigenvalue weighted by atomic mass is 32.2. The summed E-state index contributed by atoms with van der Waals surface area (Å²) in [7, 11) is 0. The molecule has 0 radical (unpaired) electrons. The zero-order chi connectivity index (χ0) is 18.6. The van der Waals surface area contributed by atoms with Gasteiger partial charge in [-0.1, -0.05) is 43.2 Å². The van der Waals surface area contributed by atoms with Crippen molar-refractivity contribution in [2.45, 2.75) is 55.0 Å². The van der Waals surface area contributed by atoms with Crippen LogP contribution in [-0.2, 0) is 4.79 Å². The number of hydrogen-bond acceptors (Lipinski definition) is 5. The van der Waals surface area contributed by atoms with Gasteiger partial charge in [0.05, 0.1) is 17.0 Å². The summed E-state index contributed by atoms with van der Waals surface area (Å²) in [5, 5.41) is 20.2. The highest BCUT2D eigenvalue weighted by molar-refractivity contribution is 8.00. The Labute approximate surface area is 155 Å². The number of nitrogens with zero attached hydrogens (tertiary/aromatic N) is 4. The first kappa shape index (κ1) is 18.4. The van der Waals surface area contributed by atoms with E-state index in [4.69, 9.17) is 0 Å². The van der Waals surface area contributed by atoms with Crippen molar-refractivity contribution < 1.29 is 9.18 Å². The lowest BCUT2D eigenvalue weighted by molar-refractivity contribution is -0.121. The second-order valence-corrected chi connectivity index (χ2v) is 7.75. The zero-order valence-corrected chi connectivity index (χ0v) is 15.3. The molecule has 0 bridgehead atoms. The Morgan fingerprint density at radius 2 is 2.12 bits per heavy atom. The van der Waals surface area contributed by atoms with Crippen LogP contribution in [0.4, 0.5) is 4.39 Å². The standard InChI is InChI=1S/C18H20FN5OS/c1-13(16(25)22-18(11-20)9-5-2-6-10-18)26-17-23-21-12-24(17)15-8-4-3-7-14(15)19/h3-4,7-8,12-13H,2,5-6,9-10H2,1H3,(H,22,25)/t13-/m1/s1. The minimum absolute atomic E-state index is 0.221. The molecular weight excluding hydrogens is 353 g/mol. The van der Waals surface area contributed by atoms with Gasteiger partial charge in [0.15, 0.2) is 5.16 Å². The molecular formula is C18H20FN5OS. The van der Waals surface area contributed by atoms with Gasteiger partial charge in [-0.05, 0) is 31.9 Å². The maximum atomic E-state index is 14.0. The number of thioether (sulfide) groups is 1. The summed E-state index contributed by atoms with van der Waals surface area (Å²) in [4.78, 5) is 12.6. The van der Waals surface area contributed by atoms with E-state index in [1.807, 2.05) is 0 Å². The van der Waals surface area contributed by atoms with Gasteiger partial charge < -0.3 is 5.32 Å². The van der Waals surface area contributed by atoms with Crippen molar-refractivity contribution in [3.05, 3.63) is 36.4 Å². The van der Waals surface area contributed by atoms with Gasteiger partial charge in [-0.25, -0.2) is 4.39 Å². The molecule has 0 spiro atoms. The summed E-state index contributed by atoms with van der Waals surface area (Å²) in [6.07, 6.45) is 5.75. The molecule has 1 heterocycles. The number of carbonyl (C=O) groups excluding carboxylic acids is 1. The smallest absolute Gasteiger partial charge is 0.234 e. The molecule has 2 aromatic rings. The fourth-order valence-corrected chi connectivity index (χ4v) is 3.92. The first-order chi connectivity index (χ1) is 12.5. The molecule has 136 valence electrons. The van der Waals surface area contributed by atoms with E-state index in [0.29, 0.717) is 23.7 Å². The normalized spacial score (nSPS) is 17.3. The zero-order valence-electron chi connectivity index (χ0n) is 14.5. The number of halogens is 1. The van der Waals surface area contributed by atoms with E-state index in [1.54, 1.807) is 25.1 Å². The fraction of sp³-hybridized carbons (Fsp3) is 0.444. The van der Waals surface area contributed by atoms with Gasteiger partial charge in [0.2, 0.25) is 5.91 Å². The van der Waals surface area contributed by atoms with Gasteiger partial charge in [0.1, 0.15) is 17.7 Å². The second kappa shape index (κ2) is 7.87. The van der Waals surface area contributed by atoms with E-state index < -0.39 is 16.6 Å². The lowest BCUT2D eigenvalue weighted by Crippen LogP contribution is -2.50. The summed E-state index contributed by atoms with van der Waals surface area (Å²) in [5.41, 5.74) is -0.447. The van der Waals surface area contributed by atoms with Crippen LogP contribution in [-0.4, -0.2) is 31.5 Å². The number of rotatable bonds is 5. The van der Waals surface area contributed by atoms with Gasteiger partial charge in [-0.2, -0.15) is 5.26 Å². The number of carbonyl (C=O) groups is 1. The van der Waals surface area contributed by atoms with Crippen LogP contribution in [0.2, 0.25) is 0 Å². The van der Waals surface area contributed by atoms with Gasteiger partial charge in [0, 0.05) is 0 Å². The summed E-state index contributed by atoms with van der Waals surface area (Å²) < 4.78 is 15.6. The van der Waals surface area contributed by atoms with Crippen LogP contribution in [0, 0.1) is 17.1 Å². The molecule has 1 saturated carbocycles. The third-order valence-corrected chi connectivity index (χ3v) is 5.62. The summed E-state index contributed by atoms with van der Waals surface area (Å²) in [5.74, 6) is -0.613. The first-order valence-electron chi connectivity index (χ1n) is 8.59. The number of hydrogen-bond donors (Lipinski definition) is 1. The van der Waals surface area contributed by atoms with Crippen molar-refractivity contribution in [1.29, 1.82) is 5.26 Å². The number of nitriles is 1. The quantitative estimate of drug-likeness (QED) is 0.814. The second-order valence-electron chi connectivity index (χ2n) is 6.44. The summed E-state index contributed by atoms with van der Waals surface area (Å²) in [6.45, 7) is 1.74. The lowest BCUT2D eigenvalue weighted by Gasteiger charge is -2.32. The average molecular weight is 373 g/mol. The van der Waals surface area contributed by atoms with Gasteiger partial charge >= 0.3 is 0 Å². The van der Waals surface area contributed by atoms with Crippen molar-refractivity contribution in [2.75, 3.05) is 0 Å². The van der Waals surface area contributed by atoms with E-state index in [-0.39, 0.29) is 5.91 Å². The molecule has 1 atom stereocenters. The minimum Gasteiger partial charge on any atom is -0.337 e. The topological polar surface area (TPSA) is 83.6 Å². The van der Waals surface area contributed by atoms with E-state index in [9.17, 15) is 14.4 Å². The largest absolute Gasteiger partial charge is 0.337 e. The lowest BCUT2D eigenvalue weighted by atomic mass is 9.83. The molecule has 6 nitrogen and oxygen atoms in total. The van der Waals surface area contributed by atoms with Crippen LogP contribution in [0.15, 0.2) is 35.7 Å². The van der Waals surface area contributed by atoms with Crippen molar-refractivity contribution in [2.24, 2.45) is 0 Å². The van der Waals surface area contributed by atoms with Gasteiger partial charge in [-0.3, -0.25) is 9.36 Å². The Hall–Kier alpha value is -2.40. The molecule has 1 aromatic heterocycles. The SMILES string of the molecule is C[C@@H](Sc1nncn1-c1ccccc1F)C(=O)NC1(C#N)CCCCC1. The molecule has 1 amide bonds. The molecule has 1 aliphatic rings. The number of nitrogens with one attached hydrogen (secondary N) is 1. The average Bonchev–Trinajstić information content (AvgIpc) is 3.10. The van der Waals surface area contributed by atoms with E-state index in [0.717, 1.165) is 19.3 Å². The Balaban J connectivity index is 1.72. The molecule has 0 saturated heterocycles. The van der Waals surface area contributed by atoms with Crippen LogP contribution >= 0.6 is 11.8 Å². The van der Waals surface area contributed by atoms with E-state index in [2.05, 4.69) is 21.6 Å². The molecule has 0 unspecified atom stereocenters.